The van der Waals surface area contributed by atoms with Crippen LogP contribution in [0.15, 0.2) is 48.5 Å². The van der Waals surface area contributed by atoms with Gasteiger partial charge in [0.1, 0.15) is 11.5 Å². The number of ether oxygens (including phenoxy) is 3. The molecule has 0 unspecified atom stereocenters. The van der Waals surface area contributed by atoms with Crippen LogP contribution in [0.4, 0.5) is 5.69 Å². The Bertz CT molecular complexity index is 789. The van der Waals surface area contributed by atoms with Crippen LogP contribution in [0.2, 0.25) is 0 Å². The van der Waals surface area contributed by atoms with Gasteiger partial charge in [-0.25, -0.2) is 4.79 Å². The number of aldehydes is 1. The van der Waals surface area contributed by atoms with Crippen LogP contribution in [0.25, 0.3) is 0 Å². The second kappa shape index (κ2) is 9.22. The van der Waals surface area contributed by atoms with Crippen LogP contribution in [-0.2, 0) is 14.3 Å². The van der Waals surface area contributed by atoms with Gasteiger partial charge in [0.25, 0.3) is 5.91 Å². The van der Waals surface area contributed by atoms with E-state index in [0.29, 0.717) is 23.3 Å². The van der Waals surface area contributed by atoms with Crippen LogP contribution >= 0.6 is 0 Å². The number of amides is 1. The minimum absolute atomic E-state index is 0.269. The molecule has 0 aliphatic rings. The van der Waals surface area contributed by atoms with E-state index in [1.807, 2.05) is 0 Å². The summed E-state index contributed by atoms with van der Waals surface area (Å²) in [7, 11) is 1.49. The second-order valence-electron chi connectivity index (χ2n) is 5.27. The number of hydrogen-bond acceptors (Lipinski definition) is 6. The molecule has 0 saturated heterocycles. The van der Waals surface area contributed by atoms with Gasteiger partial charge in [0.05, 0.1) is 18.4 Å². The summed E-state index contributed by atoms with van der Waals surface area (Å²) in [5, 5.41) is 2.63. The number of benzene rings is 2. The first-order valence-electron chi connectivity index (χ1n) is 7.85. The van der Waals surface area contributed by atoms with E-state index in [1.54, 1.807) is 48.5 Å². The van der Waals surface area contributed by atoms with Gasteiger partial charge in [-0.1, -0.05) is 24.3 Å². The molecule has 0 bridgehead atoms. The van der Waals surface area contributed by atoms with Crippen molar-refractivity contribution in [2.45, 2.75) is 13.0 Å². The largest absolute Gasteiger partial charge is 0.495 e. The summed E-state index contributed by atoms with van der Waals surface area (Å²) in [4.78, 5) is 34.9. The molecule has 0 aliphatic carbocycles. The van der Waals surface area contributed by atoms with Crippen molar-refractivity contribution in [2.24, 2.45) is 0 Å². The molecule has 1 N–H and O–H groups in total. The third-order valence-electron chi connectivity index (χ3n) is 3.43. The SMILES string of the molecule is COc1ccccc1NC(=O)[C@@H](C)OC(=O)COc1ccccc1C=O. The Morgan fingerprint density at radius 1 is 1.08 bits per heavy atom. The Labute approximate surface area is 150 Å². The first-order valence-corrected chi connectivity index (χ1v) is 7.85. The summed E-state index contributed by atoms with van der Waals surface area (Å²) in [6.07, 6.45) is -0.401. The van der Waals surface area contributed by atoms with E-state index in [9.17, 15) is 14.4 Å². The van der Waals surface area contributed by atoms with Crippen molar-refractivity contribution in [3.05, 3.63) is 54.1 Å². The normalized spacial score (nSPS) is 11.2. The summed E-state index contributed by atoms with van der Waals surface area (Å²) < 4.78 is 15.5. The number of para-hydroxylation sites is 3. The molecule has 2 rings (SSSR count). The van der Waals surface area contributed by atoms with Gasteiger partial charge in [-0.15, -0.1) is 0 Å². The highest BCUT2D eigenvalue weighted by molar-refractivity contribution is 5.96. The number of anilines is 1. The van der Waals surface area contributed by atoms with Crippen LogP contribution < -0.4 is 14.8 Å². The molecule has 2 aromatic carbocycles. The summed E-state index contributed by atoms with van der Waals surface area (Å²) in [5.41, 5.74) is 0.793. The van der Waals surface area contributed by atoms with Gasteiger partial charge in [-0.2, -0.15) is 0 Å². The molecule has 26 heavy (non-hydrogen) atoms. The van der Waals surface area contributed by atoms with Crippen molar-refractivity contribution in [3.63, 3.8) is 0 Å². The third kappa shape index (κ3) is 5.07. The number of carbonyl (C=O) groups is 3. The van der Waals surface area contributed by atoms with E-state index in [1.165, 1.54) is 14.0 Å². The summed E-state index contributed by atoms with van der Waals surface area (Å²) >= 11 is 0. The summed E-state index contributed by atoms with van der Waals surface area (Å²) in [6, 6.07) is 13.4. The predicted octanol–water partition coefficient (Wildman–Crippen LogP) is 2.46. The van der Waals surface area contributed by atoms with Gasteiger partial charge in [0.15, 0.2) is 19.0 Å². The highest BCUT2D eigenvalue weighted by Crippen LogP contribution is 2.23. The van der Waals surface area contributed by atoms with Crippen molar-refractivity contribution in [1.82, 2.24) is 0 Å². The summed E-state index contributed by atoms with van der Waals surface area (Å²) in [5.74, 6) is -0.469. The molecule has 0 radical (unpaired) electrons. The lowest BCUT2D eigenvalue weighted by Crippen LogP contribution is -2.31. The molecule has 0 aromatic heterocycles. The molecule has 1 atom stereocenters. The average molecular weight is 357 g/mol. The molecule has 2 aromatic rings. The Morgan fingerprint density at radius 3 is 2.42 bits per heavy atom. The van der Waals surface area contributed by atoms with Crippen LogP contribution in [0.3, 0.4) is 0 Å². The first kappa shape index (κ1) is 19.0. The van der Waals surface area contributed by atoms with Crippen LogP contribution in [0.5, 0.6) is 11.5 Å². The number of hydrogen-bond donors (Lipinski definition) is 1. The van der Waals surface area contributed by atoms with Crippen molar-refractivity contribution in [2.75, 3.05) is 19.0 Å². The van der Waals surface area contributed by atoms with Gasteiger partial charge < -0.3 is 19.5 Å². The average Bonchev–Trinajstić information content (AvgIpc) is 2.66. The Hall–Kier alpha value is -3.35. The molecule has 0 saturated carbocycles. The maximum Gasteiger partial charge on any atom is 0.344 e. The molecule has 7 heteroatoms. The van der Waals surface area contributed by atoms with Crippen LogP contribution in [-0.4, -0.2) is 38.0 Å². The van der Waals surface area contributed by atoms with Gasteiger partial charge >= 0.3 is 5.97 Å². The lowest BCUT2D eigenvalue weighted by Gasteiger charge is -2.15. The Morgan fingerprint density at radius 2 is 1.73 bits per heavy atom. The molecule has 0 fully saturated rings. The van der Waals surface area contributed by atoms with Gasteiger partial charge in [-0.05, 0) is 31.2 Å². The topological polar surface area (TPSA) is 90.9 Å². The van der Waals surface area contributed by atoms with Crippen LogP contribution in [0, 0.1) is 0 Å². The predicted molar refractivity (Wildman–Crippen MR) is 94.5 cm³/mol. The minimum Gasteiger partial charge on any atom is -0.495 e. The third-order valence-corrected chi connectivity index (χ3v) is 3.43. The van der Waals surface area contributed by atoms with Gasteiger partial charge in [0, 0.05) is 0 Å². The second-order valence-corrected chi connectivity index (χ2v) is 5.27. The summed E-state index contributed by atoms with van der Waals surface area (Å²) in [6.45, 7) is 1.03. The molecule has 0 spiro atoms. The lowest BCUT2D eigenvalue weighted by molar-refractivity contribution is -0.155. The first-order chi connectivity index (χ1) is 12.5. The molecule has 7 nitrogen and oxygen atoms in total. The van der Waals surface area contributed by atoms with Crippen molar-refractivity contribution in [1.29, 1.82) is 0 Å². The van der Waals surface area contributed by atoms with Gasteiger partial charge in [-0.3, -0.25) is 9.59 Å². The highest BCUT2D eigenvalue weighted by atomic mass is 16.6. The minimum atomic E-state index is -1.03. The van der Waals surface area contributed by atoms with E-state index in [0.717, 1.165) is 0 Å². The molecule has 1 amide bonds. The molecule has 0 aliphatic heterocycles. The fraction of sp³-hybridized carbons (Fsp3) is 0.211. The Balaban J connectivity index is 1.88. The number of esters is 1. The number of carbonyl (C=O) groups excluding carboxylic acids is 3. The zero-order valence-electron chi connectivity index (χ0n) is 14.4. The van der Waals surface area contributed by atoms with Gasteiger partial charge in [0.2, 0.25) is 0 Å². The number of rotatable bonds is 8. The number of methoxy groups -OCH3 is 1. The highest BCUT2D eigenvalue weighted by Gasteiger charge is 2.19. The maximum atomic E-state index is 12.2. The quantitative estimate of drug-likeness (QED) is 0.576. The van der Waals surface area contributed by atoms with E-state index < -0.39 is 24.6 Å². The zero-order valence-corrected chi connectivity index (χ0v) is 14.4. The van der Waals surface area contributed by atoms with E-state index in [4.69, 9.17) is 14.2 Å². The standard InChI is InChI=1S/C19H19NO6/c1-13(19(23)20-15-8-4-6-10-17(15)24-2)26-18(22)12-25-16-9-5-3-7-14(16)11-21/h3-11,13H,12H2,1-2H3,(H,20,23)/t13-/m1/s1. The number of nitrogens with one attached hydrogen (secondary N) is 1. The zero-order chi connectivity index (χ0) is 18.9. The molecular weight excluding hydrogens is 338 g/mol. The molecular formula is C19H19NO6. The van der Waals surface area contributed by atoms with Crippen molar-refractivity contribution in [3.8, 4) is 11.5 Å². The van der Waals surface area contributed by atoms with E-state index in [2.05, 4.69) is 5.32 Å². The van der Waals surface area contributed by atoms with E-state index >= 15 is 0 Å². The van der Waals surface area contributed by atoms with Crippen molar-refractivity contribution >= 4 is 23.9 Å². The van der Waals surface area contributed by atoms with Crippen molar-refractivity contribution < 1.29 is 28.6 Å². The lowest BCUT2D eigenvalue weighted by atomic mass is 10.2. The smallest absolute Gasteiger partial charge is 0.344 e. The molecule has 0 heterocycles. The van der Waals surface area contributed by atoms with Crippen LogP contribution in [0.1, 0.15) is 17.3 Å². The fourth-order valence-corrected chi connectivity index (χ4v) is 2.11. The monoisotopic (exact) mass is 357 g/mol. The molecule has 136 valence electrons. The maximum absolute atomic E-state index is 12.2. The Kier molecular flexibility index (Phi) is 6.73. The van der Waals surface area contributed by atoms with E-state index in [-0.39, 0.29) is 5.75 Å². The fourth-order valence-electron chi connectivity index (χ4n) is 2.11.